The van der Waals surface area contributed by atoms with Gasteiger partial charge in [0.2, 0.25) is 0 Å². The molecule has 0 spiro atoms. The zero-order valence-corrected chi connectivity index (χ0v) is 17.2. The predicted octanol–water partition coefficient (Wildman–Crippen LogP) is 2.99. The van der Waals surface area contributed by atoms with Crippen LogP contribution in [-0.4, -0.2) is 44.1 Å². The lowest BCUT2D eigenvalue weighted by molar-refractivity contribution is -0.386. The lowest BCUT2D eigenvalue weighted by Crippen LogP contribution is -2.11. The topological polar surface area (TPSA) is 122 Å². The van der Waals surface area contributed by atoms with Gasteiger partial charge in [-0.2, -0.15) is 10.2 Å². The van der Waals surface area contributed by atoms with E-state index < -0.39 is 4.92 Å². The Morgan fingerprint density at radius 3 is 2.61 bits per heavy atom. The molecule has 156 valence electrons. The van der Waals surface area contributed by atoms with Crippen LogP contribution in [0.15, 0.2) is 42.9 Å². The van der Waals surface area contributed by atoms with Crippen molar-refractivity contribution in [3.63, 3.8) is 0 Å². The Balaban J connectivity index is 1.51. The Hall–Kier alpha value is -4.15. The van der Waals surface area contributed by atoms with Gasteiger partial charge < -0.3 is 0 Å². The van der Waals surface area contributed by atoms with E-state index in [-0.39, 0.29) is 11.6 Å². The van der Waals surface area contributed by atoms with Gasteiger partial charge in [-0.05, 0) is 26.0 Å². The third-order valence-electron chi connectivity index (χ3n) is 5.34. The molecule has 0 aliphatic carbocycles. The van der Waals surface area contributed by atoms with Crippen LogP contribution in [0.25, 0.3) is 22.4 Å². The van der Waals surface area contributed by atoms with Gasteiger partial charge in [-0.15, -0.1) is 5.10 Å². The third kappa shape index (κ3) is 3.01. The minimum Gasteiger partial charge on any atom is -0.262 e. The summed E-state index contributed by atoms with van der Waals surface area (Å²) in [5.41, 5.74) is 3.24. The molecule has 11 heteroatoms. The monoisotopic (exact) mass is 417 g/mol. The molecule has 0 bridgehead atoms. The molecule has 0 radical (unpaired) electrons. The van der Waals surface area contributed by atoms with Crippen LogP contribution >= 0.6 is 0 Å². The Bertz CT molecular complexity index is 1430. The van der Waals surface area contributed by atoms with Crippen molar-refractivity contribution >= 4 is 22.4 Å². The number of nitro groups is 1. The minimum absolute atomic E-state index is 0.0504. The molecule has 4 aromatic heterocycles. The maximum Gasteiger partial charge on any atom is 0.312 e. The maximum atomic E-state index is 11.3. The summed E-state index contributed by atoms with van der Waals surface area (Å²) in [6.45, 7) is 5.74. The second-order valence-corrected chi connectivity index (χ2v) is 7.47. The van der Waals surface area contributed by atoms with Gasteiger partial charge in [0, 0.05) is 5.92 Å². The highest BCUT2D eigenvalue weighted by Gasteiger charge is 2.24. The van der Waals surface area contributed by atoms with Crippen LogP contribution in [0.3, 0.4) is 0 Å². The maximum absolute atomic E-state index is 11.3. The molecule has 0 aliphatic heterocycles. The molecular weight excluding hydrogens is 398 g/mol. The molecule has 5 rings (SSSR count). The van der Waals surface area contributed by atoms with Crippen molar-refractivity contribution in [1.82, 2.24) is 39.1 Å². The Morgan fingerprint density at radius 2 is 1.90 bits per heavy atom. The van der Waals surface area contributed by atoms with Crippen molar-refractivity contribution in [3.8, 4) is 5.69 Å². The van der Waals surface area contributed by atoms with Crippen LogP contribution in [0, 0.1) is 24.0 Å². The van der Waals surface area contributed by atoms with Gasteiger partial charge in [-0.1, -0.05) is 25.1 Å². The highest BCUT2D eigenvalue weighted by Crippen LogP contribution is 2.25. The summed E-state index contributed by atoms with van der Waals surface area (Å²) in [4.78, 5) is 20.1. The van der Waals surface area contributed by atoms with Crippen molar-refractivity contribution in [1.29, 1.82) is 0 Å². The third-order valence-corrected chi connectivity index (χ3v) is 5.34. The molecule has 1 atom stereocenters. The van der Waals surface area contributed by atoms with E-state index in [1.807, 2.05) is 37.3 Å². The van der Waals surface area contributed by atoms with Gasteiger partial charge in [0.25, 0.3) is 0 Å². The number of benzene rings is 1. The smallest absolute Gasteiger partial charge is 0.262 e. The van der Waals surface area contributed by atoms with Crippen LogP contribution in [0.4, 0.5) is 5.69 Å². The number of hydrogen-bond donors (Lipinski definition) is 0. The molecule has 31 heavy (non-hydrogen) atoms. The second kappa shape index (κ2) is 6.97. The largest absolute Gasteiger partial charge is 0.312 e. The molecule has 0 fully saturated rings. The summed E-state index contributed by atoms with van der Waals surface area (Å²) in [5, 5.41) is 25.4. The lowest BCUT2D eigenvalue weighted by atomic mass is 10.1. The lowest BCUT2D eigenvalue weighted by Gasteiger charge is -2.08. The van der Waals surface area contributed by atoms with Crippen molar-refractivity contribution in [2.75, 3.05) is 0 Å². The zero-order chi connectivity index (χ0) is 21.7. The molecule has 0 saturated carbocycles. The molecule has 0 unspecified atom stereocenters. The highest BCUT2D eigenvalue weighted by molar-refractivity contribution is 5.89. The zero-order valence-electron chi connectivity index (χ0n) is 17.2. The fraction of sp³-hybridized carbons (Fsp3) is 0.250. The van der Waals surface area contributed by atoms with E-state index in [4.69, 9.17) is 4.98 Å². The van der Waals surface area contributed by atoms with Crippen LogP contribution < -0.4 is 0 Å². The average Bonchev–Trinajstić information content (AvgIpc) is 3.43. The molecular formula is C20H19N9O2. The fourth-order valence-corrected chi connectivity index (χ4v) is 3.77. The summed E-state index contributed by atoms with van der Waals surface area (Å²) in [5.74, 6) is 0.494. The van der Waals surface area contributed by atoms with E-state index in [2.05, 4.69) is 20.3 Å². The summed E-state index contributed by atoms with van der Waals surface area (Å²) in [6, 6.07) is 9.76. The second-order valence-electron chi connectivity index (χ2n) is 7.47. The first-order valence-corrected chi connectivity index (χ1v) is 9.77. The summed E-state index contributed by atoms with van der Waals surface area (Å²) in [7, 11) is 0. The Morgan fingerprint density at radius 1 is 1.13 bits per heavy atom. The summed E-state index contributed by atoms with van der Waals surface area (Å²) in [6.07, 6.45) is 3.36. The quantitative estimate of drug-likeness (QED) is 0.318. The average molecular weight is 417 g/mol. The van der Waals surface area contributed by atoms with Gasteiger partial charge in [0.15, 0.2) is 17.1 Å². The Labute approximate surface area is 176 Å². The first-order valence-electron chi connectivity index (χ1n) is 9.77. The van der Waals surface area contributed by atoms with Gasteiger partial charge in [0.1, 0.15) is 17.7 Å². The van der Waals surface area contributed by atoms with E-state index in [0.29, 0.717) is 35.1 Å². The molecule has 5 aromatic rings. The highest BCUT2D eigenvalue weighted by atomic mass is 16.6. The van der Waals surface area contributed by atoms with Gasteiger partial charge >= 0.3 is 5.69 Å². The van der Waals surface area contributed by atoms with Crippen molar-refractivity contribution in [3.05, 3.63) is 70.2 Å². The predicted molar refractivity (Wildman–Crippen MR) is 112 cm³/mol. The van der Waals surface area contributed by atoms with Crippen LogP contribution in [0.2, 0.25) is 0 Å². The van der Waals surface area contributed by atoms with Crippen molar-refractivity contribution < 1.29 is 4.92 Å². The van der Waals surface area contributed by atoms with Gasteiger partial charge in [-0.3, -0.25) is 14.8 Å². The normalized spacial score (nSPS) is 12.6. The number of para-hydroxylation sites is 1. The van der Waals surface area contributed by atoms with E-state index >= 15 is 0 Å². The fourth-order valence-electron chi connectivity index (χ4n) is 3.77. The number of nitrogens with zero attached hydrogens (tertiary/aromatic N) is 9. The van der Waals surface area contributed by atoms with E-state index in [1.165, 1.54) is 0 Å². The number of aromatic nitrogens is 8. The molecule has 0 amide bonds. The van der Waals surface area contributed by atoms with E-state index in [9.17, 15) is 10.1 Å². The molecule has 0 N–H and O–H groups in total. The minimum atomic E-state index is -0.394. The number of aryl methyl sites for hydroxylation is 1. The number of fused-ring (bicyclic) bond motifs is 3. The summed E-state index contributed by atoms with van der Waals surface area (Å²) < 4.78 is 5.04. The first-order chi connectivity index (χ1) is 14.9. The number of hydrogen-bond acceptors (Lipinski definition) is 7. The van der Waals surface area contributed by atoms with Crippen molar-refractivity contribution in [2.24, 2.45) is 0 Å². The van der Waals surface area contributed by atoms with Gasteiger partial charge in [0.05, 0.1) is 28.7 Å². The summed E-state index contributed by atoms with van der Waals surface area (Å²) >= 11 is 0. The first kappa shape index (κ1) is 18.9. The van der Waals surface area contributed by atoms with E-state index in [0.717, 1.165) is 11.1 Å². The SMILES string of the molecule is Cc1nn(C[C@@H](C)c2nc3c4cnn(-c5ccccc5)c4ncn3n2)c(C)c1[N+](=O)[O-]. The Kier molecular flexibility index (Phi) is 4.24. The molecule has 11 nitrogen and oxygen atoms in total. The molecule has 1 aromatic carbocycles. The molecule has 0 saturated heterocycles. The van der Waals surface area contributed by atoms with Crippen molar-refractivity contribution in [2.45, 2.75) is 33.2 Å². The van der Waals surface area contributed by atoms with Crippen LogP contribution in [0.1, 0.15) is 30.1 Å². The van der Waals surface area contributed by atoms with Crippen LogP contribution in [0.5, 0.6) is 0 Å². The van der Waals surface area contributed by atoms with Gasteiger partial charge in [-0.25, -0.2) is 19.2 Å². The van der Waals surface area contributed by atoms with E-state index in [1.54, 1.807) is 40.3 Å². The number of rotatable bonds is 5. The molecule has 4 heterocycles. The van der Waals surface area contributed by atoms with Crippen LogP contribution in [-0.2, 0) is 6.54 Å². The standard InChI is InChI=1S/C20H19N9O2/c1-12(10-26-14(3)17(29(30)31)13(2)24-26)18-23-20-16-9-22-28(15-7-5-4-6-8-15)19(16)21-11-27(20)25-18/h4-9,11-12H,10H2,1-3H3/t12-/m1/s1. The molecule has 0 aliphatic rings.